The average molecular weight is 457 g/mol. The summed E-state index contributed by atoms with van der Waals surface area (Å²) in [6.45, 7) is 2.67. The van der Waals surface area contributed by atoms with E-state index in [-0.39, 0.29) is 31.4 Å². The molecule has 8 nitrogen and oxygen atoms in total. The zero-order chi connectivity index (χ0) is 23.2. The summed E-state index contributed by atoms with van der Waals surface area (Å²) in [6, 6.07) is 0. The number of fused-ring (bicyclic) bond motifs is 1. The van der Waals surface area contributed by atoms with Crippen LogP contribution in [0.1, 0.15) is 71.1 Å². The molecule has 0 bridgehead atoms. The molecule has 5 atom stereocenters. The highest BCUT2D eigenvalue weighted by atomic mass is 16.7. The lowest BCUT2D eigenvalue weighted by Gasteiger charge is -2.44. The third kappa shape index (κ3) is 8.81. The number of rotatable bonds is 10. The summed E-state index contributed by atoms with van der Waals surface area (Å²) in [7, 11) is 3.08. The van der Waals surface area contributed by atoms with Crippen molar-refractivity contribution in [3.8, 4) is 0 Å². The third-order valence-electron chi connectivity index (χ3n) is 5.79. The molecule has 0 radical (unpaired) electrons. The lowest BCUT2D eigenvalue weighted by molar-refractivity contribution is -0.311. The van der Waals surface area contributed by atoms with Crippen LogP contribution >= 0.6 is 0 Å². The summed E-state index contributed by atoms with van der Waals surface area (Å²) in [5, 5.41) is 0. The van der Waals surface area contributed by atoms with Crippen molar-refractivity contribution in [1.82, 2.24) is 0 Å². The molecule has 2 rings (SSSR count). The Morgan fingerprint density at radius 1 is 0.906 bits per heavy atom. The molecule has 0 saturated carbocycles. The van der Waals surface area contributed by atoms with Gasteiger partial charge in [0.25, 0.3) is 0 Å². The maximum absolute atomic E-state index is 12.4. The van der Waals surface area contributed by atoms with Gasteiger partial charge in [-0.3, -0.25) is 9.59 Å². The van der Waals surface area contributed by atoms with E-state index in [2.05, 4.69) is 6.92 Å². The number of carbonyl (C=O) groups excluding carboxylic acids is 2. The average Bonchev–Trinajstić information content (AvgIpc) is 2.80. The fourth-order valence-corrected chi connectivity index (χ4v) is 3.98. The van der Waals surface area contributed by atoms with Crippen LogP contribution in [0.25, 0.3) is 0 Å². The smallest absolute Gasteiger partial charge is 0.306 e. The van der Waals surface area contributed by atoms with Crippen molar-refractivity contribution in [3.63, 3.8) is 0 Å². The van der Waals surface area contributed by atoms with Gasteiger partial charge in [-0.1, -0.05) is 51.2 Å². The van der Waals surface area contributed by atoms with Crippen LogP contribution in [0.4, 0.5) is 0 Å². The molecule has 0 N–H and O–H groups in total. The lowest BCUT2D eigenvalue weighted by Crippen LogP contribution is -2.62. The van der Waals surface area contributed by atoms with Crippen LogP contribution in [-0.4, -0.2) is 70.1 Å². The molecule has 8 heteroatoms. The Bertz CT molecular complexity index is 578. The standard InChI is InChI=1S/C24H40O8/c1-4-5-6-7-10-13-16-29-24-23(28-3)22(27-2)21-18(31-24)17-30-19(25)14-11-8-9-12-15-20(26)32-21/h8-9,18,21-24H,4-7,10-17H2,1-3H3/b9-8+/t18-,21-,22+,23-,24+/m1/s1. The summed E-state index contributed by atoms with van der Waals surface area (Å²) in [4.78, 5) is 24.5. The molecule has 1 saturated heterocycles. The number of ether oxygens (including phenoxy) is 6. The van der Waals surface area contributed by atoms with Gasteiger partial charge in [0.05, 0.1) is 0 Å². The topological polar surface area (TPSA) is 89.5 Å². The van der Waals surface area contributed by atoms with Crippen molar-refractivity contribution in [1.29, 1.82) is 0 Å². The van der Waals surface area contributed by atoms with Crippen LogP contribution in [-0.2, 0) is 38.0 Å². The van der Waals surface area contributed by atoms with E-state index >= 15 is 0 Å². The number of allylic oxidation sites excluding steroid dienone is 2. The Morgan fingerprint density at radius 3 is 2.25 bits per heavy atom. The molecule has 32 heavy (non-hydrogen) atoms. The second-order valence-corrected chi connectivity index (χ2v) is 8.27. The van der Waals surface area contributed by atoms with E-state index in [1.807, 2.05) is 12.2 Å². The predicted molar refractivity (Wildman–Crippen MR) is 118 cm³/mol. The summed E-state index contributed by atoms with van der Waals surface area (Å²) in [5.41, 5.74) is 0. The molecule has 0 aromatic carbocycles. The van der Waals surface area contributed by atoms with Gasteiger partial charge in [-0.2, -0.15) is 0 Å². The van der Waals surface area contributed by atoms with Gasteiger partial charge < -0.3 is 28.4 Å². The molecule has 0 spiro atoms. The van der Waals surface area contributed by atoms with Gasteiger partial charge >= 0.3 is 11.9 Å². The van der Waals surface area contributed by atoms with Gasteiger partial charge in [0, 0.05) is 33.7 Å². The second-order valence-electron chi connectivity index (χ2n) is 8.27. The van der Waals surface area contributed by atoms with Crippen molar-refractivity contribution in [2.24, 2.45) is 0 Å². The van der Waals surface area contributed by atoms with Gasteiger partial charge in [0.1, 0.15) is 24.9 Å². The minimum Gasteiger partial charge on any atom is -0.463 e. The molecular weight excluding hydrogens is 416 g/mol. The Kier molecular flexibility index (Phi) is 12.9. The van der Waals surface area contributed by atoms with Gasteiger partial charge in [0.15, 0.2) is 12.4 Å². The molecule has 2 heterocycles. The quantitative estimate of drug-likeness (QED) is 0.279. The first-order valence-corrected chi connectivity index (χ1v) is 11.9. The third-order valence-corrected chi connectivity index (χ3v) is 5.79. The van der Waals surface area contributed by atoms with Crippen LogP contribution in [0.2, 0.25) is 0 Å². The number of esters is 2. The monoisotopic (exact) mass is 456 g/mol. The van der Waals surface area contributed by atoms with Crippen LogP contribution in [0, 0.1) is 0 Å². The fraction of sp³-hybridized carbons (Fsp3) is 0.833. The number of carbonyl (C=O) groups is 2. The molecule has 1 fully saturated rings. The normalized spacial score (nSPS) is 30.8. The van der Waals surface area contributed by atoms with E-state index in [0.717, 1.165) is 12.8 Å². The van der Waals surface area contributed by atoms with Gasteiger partial charge in [-0.15, -0.1) is 0 Å². The predicted octanol–water partition coefficient (Wildman–Crippen LogP) is 3.70. The Hall–Kier alpha value is -1.48. The fourth-order valence-electron chi connectivity index (χ4n) is 3.98. The summed E-state index contributed by atoms with van der Waals surface area (Å²) < 4.78 is 34.5. The molecule has 0 aromatic heterocycles. The molecule has 184 valence electrons. The number of cyclic esters (lactones) is 1. The van der Waals surface area contributed by atoms with Gasteiger partial charge in [-0.05, 0) is 19.3 Å². The van der Waals surface area contributed by atoms with E-state index in [1.165, 1.54) is 32.8 Å². The van der Waals surface area contributed by atoms with E-state index in [0.29, 0.717) is 19.4 Å². The minimum atomic E-state index is -0.774. The Labute approximate surface area is 191 Å². The lowest BCUT2D eigenvalue weighted by atomic mass is 9.98. The van der Waals surface area contributed by atoms with E-state index in [9.17, 15) is 9.59 Å². The van der Waals surface area contributed by atoms with Crippen molar-refractivity contribution < 1.29 is 38.0 Å². The summed E-state index contributed by atoms with van der Waals surface area (Å²) in [5.74, 6) is -0.683. The largest absolute Gasteiger partial charge is 0.463 e. The van der Waals surface area contributed by atoms with E-state index in [1.54, 1.807) is 7.11 Å². The van der Waals surface area contributed by atoms with Gasteiger partial charge in [0.2, 0.25) is 0 Å². The van der Waals surface area contributed by atoms with E-state index < -0.39 is 30.7 Å². The molecular formula is C24H40O8. The first-order valence-electron chi connectivity index (χ1n) is 11.9. The van der Waals surface area contributed by atoms with Crippen molar-refractivity contribution in [2.75, 3.05) is 27.4 Å². The molecule has 2 aliphatic heterocycles. The van der Waals surface area contributed by atoms with Crippen molar-refractivity contribution >= 4 is 11.9 Å². The number of hydrogen-bond acceptors (Lipinski definition) is 8. The van der Waals surface area contributed by atoms with Gasteiger partial charge in [-0.25, -0.2) is 0 Å². The summed E-state index contributed by atoms with van der Waals surface area (Å²) >= 11 is 0. The SMILES string of the molecule is CCCCCCCCO[C@H]1O[C@@H]2COC(=O)CC/C=C/CCC(=O)O[C@H]2[C@H](OC)[C@H]1OC. The first kappa shape index (κ1) is 26.8. The highest BCUT2D eigenvalue weighted by molar-refractivity contribution is 5.70. The van der Waals surface area contributed by atoms with Crippen LogP contribution in [0.5, 0.6) is 0 Å². The molecule has 0 aromatic rings. The maximum Gasteiger partial charge on any atom is 0.306 e. The number of methoxy groups -OCH3 is 2. The molecule has 0 amide bonds. The minimum absolute atomic E-state index is 0.0480. The molecule has 2 aliphatic rings. The van der Waals surface area contributed by atoms with E-state index in [4.69, 9.17) is 28.4 Å². The van der Waals surface area contributed by atoms with Crippen LogP contribution in [0.15, 0.2) is 12.2 Å². The maximum atomic E-state index is 12.4. The van der Waals surface area contributed by atoms with Crippen molar-refractivity contribution in [2.45, 2.75) is 102 Å². The number of hydrogen-bond donors (Lipinski definition) is 0. The second kappa shape index (κ2) is 15.4. The molecule has 0 unspecified atom stereocenters. The Morgan fingerprint density at radius 2 is 1.56 bits per heavy atom. The Balaban J connectivity index is 2.04. The van der Waals surface area contributed by atoms with Crippen molar-refractivity contribution in [3.05, 3.63) is 12.2 Å². The number of unbranched alkanes of at least 4 members (excludes halogenated alkanes) is 5. The zero-order valence-corrected chi connectivity index (χ0v) is 19.8. The molecule has 0 aliphatic carbocycles. The van der Waals surface area contributed by atoms with Crippen LogP contribution < -0.4 is 0 Å². The first-order chi connectivity index (χ1) is 15.6. The highest BCUT2D eigenvalue weighted by Gasteiger charge is 2.49. The summed E-state index contributed by atoms with van der Waals surface area (Å²) in [6.07, 6.45) is 8.88. The zero-order valence-electron chi connectivity index (χ0n) is 19.8. The van der Waals surface area contributed by atoms with Crippen LogP contribution in [0.3, 0.4) is 0 Å². The highest BCUT2D eigenvalue weighted by Crippen LogP contribution is 2.29.